The second kappa shape index (κ2) is 9.29. The summed E-state index contributed by atoms with van der Waals surface area (Å²) < 4.78 is 7.20. The molecule has 0 saturated carbocycles. The highest BCUT2D eigenvalue weighted by Gasteiger charge is 2.47. The molecular weight excluding hydrogens is 452 g/mol. The zero-order chi connectivity index (χ0) is 24.5. The molecule has 1 saturated heterocycles. The predicted molar refractivity (Wildman–Crippen MR) is 126 cm³/mol. The molecule has 2 aromatic heterocycles. The van der Waals surface area contributed by atoms with E-state index in [0.29, 0.717) is 34.9 Å². The average molecular weight is 476 g/mol. The van der Waals surface area contributed by atoms with Crippen LogP contribution in [0.2, 0.25) is 0 Å². The molecule has 4 atom stereocenters. The van der Waals surface area contributed by atoms with Crippen molar-refractivity contribution in [2.45, 2.75) is 31.1 Å². The highest BCUT2D eigenvalue weighted by molar-refractivity contribution is 5.85. The van der Waals surface area contributed by atoms with Gasteiger partial charge in [-0.1, -0.05) is 30.3 Å². The van der Waals surface area contributed by atoms with Crippen molar-refractivity contribution in [1.82, 2.24) is 24.8 Å². The lowest BCUT2D eigenvalue weighted by Gasteiger charge is -2.17. The minimum Gasteiger partial charge on any atom is -0.508 e. The summed E-state index contributed by atoms with van der Waals surface area (Å²) >= 11 is 0. The highest BCUT2D eigenvalue weighted by Crippen LogP contribution is 2.33. The molecule has 0 bridgehead atoms. The lowest BCUT2D eigenvalue weighted by atomic mass is 10.1. The zero-order valence-corrected chi connectivity index (χ0v) is 18.7. The number of fused-ring (bicyclic) bond motifs is 1. The molecule has 4 aromatic rings. The van der Waals surface area contributed by atoms with E-state index in [4.69, 9.17) is 4.74 Å². The summed E-state index contributed by atoms with van der Waals surface area (Å²) in [6, 6.07) is 16.2. The molecule has 5 N–H and O–H groups in total. The first-order valence-electron chi connectivity index (χ1n) is 11.0. The van der Waals surface area contributed by atoms with Crippen molar-refractivity contribution >= 4 is 22.9 Å². The highest BCUT2D eigenvalue weighted by atomic mass is 16.6. The summed E-state index contributed by atoms with van der Waals surface area (Å²) in [5.74, 6) is 0.370. The second-order valence-corrected chi connectivity index (χ2v) is 8.15. The number of hydrogen-bond acceptors (Lipinski definition) is 9. The number of amides is 1. The zero-order valence-electron chi connectivity index (χ0n) is 18.7. The standard InChI is InChI=1S/C24H24N6O5/c1-25-23(34)19-17(32)18(33)24(35-19)30-12-27-16-21(26-11-13-5-3-2-4-6-13)28-20(29-22(16)30)14-7-9-15(31)10-8-14/h2-10,12,17-19,24,31-33H,11H2,1H3,(H,25,34)(H,26,28,29)/t17?,18?,19-,24?/m1/s1. The number of aromatic hydroxyl groups is 1. The number of carbonyl (C=O) groups is 1. The molecule has 1 amide bonds. The molecule has 11 nitrogen and oxygen atoms in total. The molecule has 3 unspecified atom stereocenters. The third kappa shape index (κ3) is 4.28. The van der Waals surface area contributed by atoms with Gasteiger partial charge < -0.3 is 30.7 Å². The normalized spacial score (nSPS) is 21.8. The van der Waals surface area contributed by atoms with Crippen LogP contribution in [0.25, 0.3) is 22.6 Å². The number of phenolic OH excluding ortho intramolecular Hbond substituents is 1. The first kappa shape index (κ1) is 22.7. The number of hydrogen-bond donors (Lipinski definition) is 5. The van der Waals surface area contributed by atoms with Crippen LogP contribution in [0.3, 0.4) is 0 Å². The number of phenols is 1. The van der Waals surface area contributed by atoms with Gasteiger partial charge in [0.1, 0.15) is 18.0 Å². The van der Waals surface area contributed by atoms with E-state index in [-0.39, 0.29) is 5.75 Å². The number of aliphatic hydroxyl groups excluding tert-OH is 2. The van der Waals surface area contributed by atoms with Crippen molar-refractivity contribution < 1.29 is 24.9 Å². The van der Waals surface area contributed by atoms with Crippen LogP contribution < -0.4 is 10.6 Å². The van der Waals surface area contributed by atoms with Crippen molar-refractivity contribution in [1.29, 1.82) is 0 Å². The summed E-state index contributed by atoms with van der Waals surface area (Å²) in [6.45, 7) is 0.481. The third-order valence-corrected chi connectivity index (χ3v) is 5.87. The van der Waals surface area contributed by atoms with E-state index in [1.165, 1.54) is 30.1 Å². The quantitative estimate of drug-likeness (QED) is 0.276. The summed E-state index contributed by atoms with van der Waals surface area (Å²) in [4.78, 5) is 25.8. The van der Waals surface area contributed by atoms with Gasteiger partial charge in [-0.05, 0) is 29.8 Å². The van der Waals surface area contributed by atoms with Gasteiger partial charge in [0.25, 0.3) is 5.91 Å². The Labute approximate surface area is 200 Å². The molecule has 0 radical (unpaired) electrons. The van der Waals surface area contributed by atoms with Crippen molar-refractivity contribution in [2.24, 2.45) is 0 Å². The Morgan fingerprint density at radius 2 is 1.80 bits per heavy atom. The van der Waals surface area contributed by atoms with Crippen molar-refractivity contribution in [3.63, 3.8) is 0 Å². The Morgan fingerprint density at radius 3 is 2.51 bits per heavy atom. The van der Waals surface area contributed by atoms with Gasteiger partial charge in [-0.15, -0.1) is 0 Å². The van der Waals surface area contributed by atoms with Crippen LogP contribution >= 0.6 is 0 Å². The number of nitrogens with zero attached hydrogens (tertiary/aromatic N) is 4. The number of nitrogens with one attached hydrogen (secondary N) is 2. The van der Waals surface area contributed by atoms with Crippen LogP contribution in [0.5, 0.6) is 5.75 Å². The van der Waals surface area contributed by atoms with Gasteiger partial charge in [0, 0.05) is 19.2 Å². The predicted octanol–water partition coefficient (Wildman–Crippen LogP) is 1.18. The Morgan fingerprint density at radius 1 is 1.06 bits per heavy atom. The summed E-state index contributed by atoms with van der Waals surface area (Å²) in [6.07, 6.45) is -3.72. The molecule has 0 aliphatic carbocycles. The van der Waals surface area contributed by atoms with E-state index in [9.17, 15) is 20.1 Å². The molecule has 180 valence electrons. The molecule has 1 aliphatic heterocycles. The fourth-order valence-corrected chi connectivity index (χ4v) is 4.00. The molecule has 1 fully saturated rings. The van der Waals surface area contributed by atoms with Crippen LogP contribution in [-0.2, 0) is 16.1 Å². The Hall–Kier alpha value is -4.06. The lowest BCUT2D eigenvalue weighted by molar-refractivity contribution is -0.137. The summed E-state index contributed by atoms with van der Waals surface area (Å²) in [7, 11) is 1.42. The number of aromatic nitrogens is 4. The fourth-order valence-electron chi connectivity index (χ4n) is 4.00. The van der Waals surface area contributed by atoms with Crippen LogP contribution in [0, 0.1) is 0 Å². The van der Waals surface area contributed by atoms with Crippen molar-refractivity contribution in [3.8, 4) is 17.1 Å². The number of anilines is 1. The van der Waals surface area contributed by atoms with E-state index in [2.05, 4.69) is 25.6 Å². The molecule has 35 heavy (non-hydrogen) atoms. The Balaban J connectivity index is 1.58. The Kier molecular flexibility index (Phi) is 6.03. The third-order valence-electron chi connectivity index (χ3n) is 5.87. The topological polar surface area (TPSA) is 155 Å². The molecule has 2 aromatic carbocycles. The summed E-state index contributed by atoms with van der Waals surface area (Å²) in [5, 5.41) is 36.4. The van der Waals surface area contributed by atoms with Gasteiger partial charge in [0.2, 0.25) is 0 Å². The number of imidazole rings is 1. The van der Waals surface area contributed by atoms with E-state index < -0.39 is 30.4 Å². The molecular formula is C24H24N6O5. The van der Waals surface area contributed by atoms with Crippen molar-refractivity contribution in [2.75, 3.05) is 12.4 Å². The van der Waals surface area contributed by atoms with Crippen LogP contribution in [0.4, 0.5) is 5.82 Å². The van der Waals surface area contributed by atoms with E-state index in [1.807, 2.05) is 30.3 Å². The average Bonchev–Trinajstić information content (AvgIpc) is 3.44. The first-order valence-corrected chi connectivity index (χ1v) is 11.0. The monoisotopic (exact) mass is 476 g/mol. The second-order valence-electron chi connectivity index (χ2n) is 8.15. The van der Waals surface area contributed by atoms with E-state index in [0.717, 1.165) is 5.56 Å². The fraction of sp³-hybridized carbons (Fsp3) is 0.250. The largest absolute Gasteiger partial charge is 0.508 e. The molecule has 1 aliphatic rings. The maximum absolute atomic E-state index is 12.1. The number of benzene rings is 2. The first-order chi connectivity index (χ1) is 17.0. The van der Waals surface area contributed by atoms with Gasteiger partial charge in [-0.2, -0.15) is 0 Å². The summed E-state index contributed by atoms with van der Waals surface area (Å²) in [5.41, 5.74) is 2.46. The van der Waals surface area contributed by atoms with Gasteiger partial charge in [-0.25, -0.2) is 15.0 Å². The van der Waals surface area contributed by atoms with E-state index in [1.54, 1.807) is 12.1 Å². The number of aliphatic hydroxyl groups is 2. The van der Waals surface area contributed by atoms with Crippen LogP contribution in [0.1, 0.15) is 11.8 Å². The van der Waals surface area contributed by atoms with Gasteiger partial charge in [0.15, 0.2) is 35.1 Å². The van der Waals surface area contributed by atoms with Gasteiger partial charge >= 0.3 is 0 Å². The van der Waals surface area contributed by atoms with Gasteiger partial charge in [0.05, 0.1) is 6.33 Å². The lowest BCUT2D eigenvalue weighted by Crippen LogP contribution is -2.41. The minimum atomic E-state index is -1.42. The van der Waals surface area contributed by atoms with E-state index >= 15 is 0 Å². The molecule has 0 spiro atoms. The van der Waals surface area contributed by atoms with Gasteiger partial charge in [-0.3, -0.25) is 9.36 Å². The van der Waals surface area contributed by atoms with Crippen LogP contribution in [0.15, 0.2) is 60.9 Å². The van der Waals surface area contributed by atoms with Crippen molar-refractivity contribution in [3.05, 3.63) is 66.5 Å². The molecule has 11 heteroatoms. The molecule has 5 rings (SSSR count). The number of carbonyl (C=O) groups excluding carboxylic acids is 1. The molecule has 3 heterocycles. The number of likely N-dealkylation sites (N-methyl/N-ethyl adjacent to an activating group) is 1. The SMILES string of the molecule is CNC(=O)[C@@H]1OC(n2cnc3c(NCc4ccccc4)nc(-c4ccc(O)cc4)nc32)C(O)C1O. The van der Waals surface area contributed by atoms with Crippen LogP contribution in [-0.4, -0.2) is 66.1 Å². The smallest absolute Gasteiger partial charge is 0.251 e. The number of rotatable bonds is 6. The maximum Gasteiger partial charge on any atom is 0.251 e. The maximum atomic E-state index is 12.1. The Bertz CT molecular complexity index is 1340. The number of ether oxygens (including phenoxy) is 1. The minimum absolute atomic E-state index is 0.110.